The summed E-state index contributed by atoms with van der Waals surface area (Å²) in [5.41, 5.74) is 3.96. The Morgan fingerprint density at radius 3 is 2.60 bits per heavy atom. The van der Waals surface area contributed by atoms with Crippen molar-refractivity contribution >= 4 is 23.3 Å². The molecule has 0 aliphatic heterocycles. The molecule has 3 aromatic rings. The van der Waals surface area contributed by atoms with Crippen molar-refractivity contribution in [3.63, 3.8) is 0 Å². The van der Waals surface area contributed by atoms with Gasteiger partial charge in [0, 0.05) is 23.6 Å². The average Bonchev–Trinajstić information content (AvgIpc) is 2.60. The average molecular weight is 359 g/mol. The number of hydrogen-bond acceptors (Lipinski definition) is 4. The van der Waals surface area contributed by atoms with Crippen molar-refractivity contribution < 1.29 is 9.84 Å². The quantitative estimate of drug-likeness (QED) is 0.707. The third-order valence-corrected chi connectivity index (χ3v) is 3.87. The van der Waals surface area contributed by atoms with Crippen LogP contribution in [0, 0.1) is 6.92 Å². The SMILES string of the molecule is CNCC(O)COc1cc(-c2ccccc2)nc2cc(C)ccc12.Cl. The number of ether oxygens (including phenoxy) is 1. The summed E-state index contributed by atoms with van der Waals surface area (Å²) in [6, 6.07) is 18.1. The molecule has 0 aliphatic rings. The molecule has 1 unspecified atom stereocenters. The Bertz CT molecular complexity index is 825. The third kappa shape index (κ3) is 4.69. The lowest BCUT2D eigenvalue weighted by molar-refractivity contribution is 0.109. The molecule has 5 heteroatoms. The molecule has 0 saturated carbocycles. The first-order valence-electron chi connectivity index (χ1n) is 8.09. The van der Waals surface area contributed by atoms with E-state index in [-0.39, 0.29) is 19.0 Å². The van der Waals surface area contributed by atoms with Crippen molar-refractivity contribution in [2.24, 2.45) is 0 Å². The molecule has 3 rings (SSSR count). The number of benzene rings is 2. The summed E-state index contributed by atoms with van der Waals surface area (Å²) in [7, 11) is 1.81. The zero-order valence-electron chi connectivity index (χ0n) is 14.4. The summed E-state index contributed by atoms with van der Waals surface area (Å²) >= 11 is 0. The number of pyridine rings is 1. The van der Waals surface area contributed by atoms with Crippen molar-refractivity contribution in [3.05, 3.63) is 60.2 Å². The third-order valence-electron chi connectivity index (χ3n) is 3.87. The lowest BCUT2D eigenvalue weighted by Gasteiger charge is -2.15. The molecular weight excluding hydrogens is 336 g/mol. The highest BCUT2D eigenvalue weighted by Crippen LogP contribution is 2.30. The fraction of sp³-hybridized carbons (Fsp3) is 0.250. The summed E-state index contributed by atoms with van der Waals surface area (Å²) in [5.74, 6) is 0.744. The maximum Gasteiger partial charge on any atom is 0.131 e. The Labute approximate surface area is 154 Å². The number of hydrogen-bond donors (Lipinski definition) is 2. The fourth-order valence-corrected chi connectivity index (χ4v) is 2.66. The molecule has 2 N–H and O–H groups in total. The van der Waals surface area contributed by atoms with E-state index in [0.717, 1.165) is 33.5 Å². The summed E-state index contributed by atoms with van der Waals surface area (Å²) in [6.07, 6.45) is -0.552. The van der Waals surface area contributed by atoms with Gasteiger partial charge < -0.3 is 15.2 Å². The van der Waals surface area contributed by atoms with Crippen LogP contribution in [-0.2, 0) is 0 Å². The van der Waals surface area contributed by atoms with Crippen LogP contribution < -0.4 is 10.1 Å². The number of likely N-dealkylation sites (N-methyl/N-ethyl adjacent to an activating group) is 1. The van der Waals surface area contributed by atoms with Crippen molar-refractivity contribution in [1.29, 1.82) is 0 Å². The van der Waals surface area contributed by atoms with Crippen LogP contribution in [0.4, 0.5) is 0 Å². The summed E-state index contributed by atoms with van der Waals surface area (Å²) < 4.78 is 5.91. The number of aromatic nitrogens is 1. The highest BCUT2D eigenvalue weighted by molar-refractivity contribution is 5.88. The van der Waals surface area contributed by atoms with Gasteiger partial charge in [-0.2, -0.15) is 0 Å². The molecule has 0 fully saturated rings. The van der Waals surface area contributed by atoms with Gasteiger partial charge >= 0.3 is 0 Å². The molecule has 0 radical (unpaired) electrons. The lowest BCUT2D eigenvalue weighted by Crippen LogP contribution is -2.29. The fourth-order valence-electron chi connectivity index (χ4n) is 2.66. The van der Waals surface area contributed by atoms with Crippen molar-refractivity contribution in [3.8, 4) is 17.0 Å². The van der Waals surface area contributed by atoms with E-state index >= 15 is 0 Å². The molecule has 2 aromatic carbocycles. The zero-order valence-corrected chi connectivity index (χ0v) is 15.2. The molecule has 0 spiro atoms. The van der Waals surface area contributed by atoms with Crippen LogP contribution in [0.2, 0.25) is 0 Å². The molecule has 25 heavy (non-hydrogen) atoms. The van der Waals surface area contributed by atoms with E-state index in [1.807, 2.05) is 55.5 Å². The number of halogens is 1. The maximum atomic E-state index is 9.91. The predicted molar refractivity (Wildman–Crippen MR) is 105 cm³/mol. The van der Waals surface area contributed by atoms with Gasteiger partial charge in [-0.15, -0.1) is 12.4 Å². The number of aliphatic hydroxyl groups is 1. The zero-order chi connectivity index (χ0) is 16.9. The number of aryl methyl sites for hydroxylation is 1. The van der Waals surface area contributed by atoms with Crippen molar-refractivity contribution in [2.45, 2.75) is 13.0 Å². The van der Waals surface area contributed by atoms with Crippen LogP contribution in [0.3, 0.4) is 0 Å². The highest BCUT2D eigenvalue weighted by atomic mass is 35.5. The molecule has 0 bridgehead atoms. The molecule has 0 amide bonds. The van der Waals surface area contributed by atoms with Crippen LogP contribution in [0.1, 0.15) is 5.56 Å². The molecule has 1 atom stereocenters. The van der Waals surface area contributed by atoms with Crippen LogP contribution in [0.5, 0.6) is 5.75 Å². The van der Waals surface area contributed by atoms with E-state index in [2.05, 4.69) is 11.4 Å². The van der Waals surface area contributed by atoms with Gasteiger partial charge in [-0.05, 0) is 31.7 Å². The van der Waals surface area contributed by atoms with Crippen LogP contribution in [-0.4, -0.2) is 36.4 Å². The van der Waals surface area contributed by atoms with Gasteiger partial charge in [0.25, 0.3) is 0 Å². The second kappa shape index (κ2) is 8.81. The summed E-state index contributed by atoms with van der Waals surface area (Å²) in [4.78, 5) is 4.78. The minimum Gasteiger partial charge on any atom is -0.490 e. The number of nitrogens with one attached hydrogen (secondary N) is 1. The number of aliphatic hydroxyl groups excluding tert-OH is 1. The molecule has 132 valence electrons. The Morgan fingerprint density at radius 2 is 1.88 bits per heavy atom. The van der Waals surface area contributed by atoms with E-state index < -0.39 is 6.10 Å². The van der Waals surface area contributed by atoms with Gasteiger partial charge in [-0.3, -0.25) is 0 Å². The molecule has 0 saturated heterocycles. The number of fused-ring (bicyclic) bond motifs is 1. The number of nitrogens with zero attached hydrogens (tertiary/aromatic N) is 1. The smallest absolute Gasteiger partial charge is 0.131 e. The van der Waals surface area contributed by atoms with E-state index in [4.69, 9.17) is 9.72 Å². The first-order valence-corrected chi connectivity index (χ1v) is 8.09. The summed E-state index contributed by atoms with van der Waals surface area (Å²) in [6.45, 7) is 2.78. The first kappa shape index (κ1) is 19.2. The van der Waals surface area contributed by atoms with Crippen LogP contribution >= 0.6 is 12.4 Å². The van der Waals surface area contributed by atoms with Gasteiger partial charge in [0.1, 0.15) is 18.5 Å². The van der Waals surface area contributed by atoms with E-state index in [9.17, 15) is 5.11 Å². The molecular formula is C20H23ClN2O2. The molecule has 1 heterocycles. The van der Waals surface area contributed by atoms with Crippen molar-refractivity contribution in [1.82, 2.24) is 10.3 Å². The van der Waals surface area contributed by atoms with E-state index in [0.29, 0.717) is 6.54 Å². The first-order chi connectivity index (χ1) is 11.7. The van der Waals surface area contributed by atoms with Gasteiger partial charge in [0.2, 0.25) is 0 Å². The monoisotopic (exact) mass is 358 g/mol. The highest BCUT2D eigenvalue weighted by Gasteiger charge is 2.11. The van der Waals surface area contributed by atoms with E-state index in [1.54, 1.807) is 7.05 Å². The minimum atomic E-state index is -0.552. The van der Waals surface area contributed by atoms with Crippen LogP contribution in [0.25, 0.3) is 22.2 Å². The number of rotatable bonds is 6. The Balaban J connectivity index is 0.00000225. The second-order valence-electron chi connectivity index (χ2n) is 5.91. The second-order valence-corrected chi connectivity index (χ2v) is 5.91. The topological polar surface area (TPSA) is 54.4 Å². The largest absolute Gasteiger partial charge is 0.490 e. The molecule has 1 aromatic heterocycles. The van der Waals surface area contributed by atoms with Crippen molar-refractivity contribution in [2.75, 3.05) is 20.2 Å². The standard InChI is InChI=1S/C20H22N2O2.ClH/c1-14-8-9-17-19(10-14)22-18(15-6-4-3-5-7-15)11-20(17)24-13-16(23)12-21-2;/h3-11,16,21,23H,12-13H2,1-2H3;1H. The maximum absolute atomic E-state index is 9.91. The van der Waals surface area contributed by atoms with Gasteiger partial charge in [-0.1, -0.05) is 36.4 Å². The van der Waals surface area contributed by atoms with Gasteiger partial charge in [0.15, 0.2) is 0 Å². The molecule has 4 nitrogen and oxygen atoms in total. The molecule has 0 aliphatic carbocycles. The van der Waals surface area contributed by atoms with Gasteiger partial charge in [0.05, 0.1) is 11.2 Å². The lowest BCUT2D eigenvalue weighted by atomic mass is 10.1. The van der Waals surface area contributed by atoms with Crippen LogP contribution in [0.15, 0.2) is 54.6 Å². The normalized spacial score (nSPS) is 11.8. The Morgan fingerprint density at radius 1 is 1.12 bits per heavy atom. The summed E-state index contributed by atoms with van der Waals surface area (Å²) in [5, 5.41) is 13.8. The minimum absolute atomic E-state index is 0. The Kier molecular flexibility index (Phi) is 6.76. The predicted octanol–water partition coefficient (Wildman–Crippen LogP) is 3.59. The Hall–Kier alpha value is -2.14. The van der Waals surface area contributed by atoms with E-state index in [1.165, 1.54) is 0 Å². The van der Waals surface area contributed by atoms with Gasteiger partial charge in [-0.25, -0.2) is 4.98 Å².